The lowest BCUT2D eigenvalue weighted by atomic mass is 9.95. The molecule has 0 unspecified atom stereocenters. The summed E-state index contributed by atoms with van der Waals surface area (Å²) in [6, 6.07) is 15.9. The van der Waals surface area contributed by atoms with Crippen LogP contribution in [0.3, 0.4) is 0 Å². The Labute approximate surface area is 206 Å². The molecule has 1 aromatic heterocycles. The van der Waals surface area contributed by atoms with Gasteiger partial charge in [-0.15, -0.1) is 0 Å². The number of nitrogens with one attached hydrogen (secondary N) is 1. The largest absolute Gasteiger partial charge is 0.342 e. The smallest absolute Gasteiger partial charge is 0.266 e. The molecule has 3 aromatic carbocycles. The predicted molar refractivity (Wildman–Crippen MR) is 133 cm³/mol. The number of imidazole rings is 1. The second-order valence-electron chi connectivity index (χ2n) is 9.39. The molecule has 3 amide bonds. The highest BCUT2D eigenvalue weighted by Crippen LogP contribution is 2.31. The van der Waals surface area contributed by atoms with Crippen LogP contribution in [0, 0.1) is 12.7 Å². The highest BCUT2D eigenvalue weighted by Gasteiger charge is 2.37. The number of amides is 3. The van der Waals surface area contributed by atoms with Gasteiger partial charge in [0.25, 0.3) is 17.7 Å². The van der Waals surface area contributed by atoms with Crippen LogP contribution in [0.25, 0.3) is 11.0 Å². The normalized spacial score (nSPS) is 16.2. The number of aryl methyl sites for hydroxylation is 1. The summed E-state index contributed by atoms with van der Waals surface area (Å²) < 4.78 is 13.3. The number of hydrogen-bond donors (Lipinski definition) is 1. The van der Waals surface area contributed by atoms with Gasteiger partial charge in [0.05, 0.1) is 27.8 Å². The third kappa shape index (κ3) is 3.66. The topological polar surface area (TPSA) is 86.4 Å². The SMILES string of the molecule is Cc1ccc2nc(C3CCN(C(=O)c4ccc5c(c4)C(=O)N(c4ccc(F)cc4)C5=O)CC3)[nH]c2c1. The van der Waals surface area contributed by atoms with Crippen molar-refractivity contribution in [1.82, 2.24) is 14.9 Å². The Morgan fingerprint density at radius 3 is 2.42 bits per heavy atom. The van der Waals surface area contributed by atoms with Crippen molar-refractivity contribution >= 4 is 34.4 Å². The van der Waals surface area contributed by atoms with Gasteiger partial charge >= 0.3 is 0 Å². The lowest BCUT2D eigenvalue weighted by molar-refractivity contribution is 0.0711. The van der Waals surface area contributed by atoms with Gasteiger partial charge in [-0.2, -0.15) is 0 Å². The molecular formula is C28H23FN4O3. The number of aromatic amines is 1. The third-order valence-corrected chi connectivity index (χ3v) is 7.04. The molecule has 7 nitrogen and oxygen atoms in total. The van der Waals surface area contributed by atoms with Crippen molar-refractivity contribution in [3.63, 3.8) is 0 Å². The molecule has 1 saturated heterocycles. The number of H-pyrrole nitrogens is 1. The van der Waals surface area contributed by atoms with Gasteiger partial charge in [-0.25, -0.2) is 14.3 Å². The molecule has 0 radical (unpaired) electrons. The van der Waals surface area contributed by atoms with Crippen molar-refractivity contribution in [2.24, 2.45) is 0 Å². The highest BCUT2D eigenvalue weighted by atomic mass is 19.1. The van der Waals surface area contributed by atoms with Crippen LogP contribution in [-0.4, -0.2) is 45.7 Å². The zero-order valence-corrected chi connectivity index (χ0v) is 19.6. The van der Waals surface area contributed by atoms with Crippen molar-refractivity contribution in [2.75, 3.05) is 18.0 Å². The molecule has 0 aliphatic carbocycles. The lowest BCUT2D eigenvalue weighted by Gasteiger charge is -2.31. The fourth-order valence-corrected chi connectivity index (χ4v) is 5.07. The van der Waals surface area contributed by atoms with Crippen LogP contribution in [0.15, 0.2) is 60.7 Å². The average molecular weight is 483 g/mol. The molecule has 8 heteroatoms. The van der Waals surface area contributed by atoms with Gasteiger partial charge in [-0.05, 0) is 79.9 Å². The maximum absolute atomic E-state index is 13.3. The molecule has 0 spiro atoms. The van der Waals surface area contributed by atoms with Crippen molar-refractivity contribution in [3.05, 3.63) is 94.6 Å². The van der Waals surface area contributed by atoms with Crippen LogP contribution in [0.4, 0.5) is 10.1 Å². The molecule has 2 aliphatic heterocycles. The van der Waals surface area contributed by atoms with Crippen LogP contribution >= 0.6 is 0 Å². The summed E-state index contributed by atoms with van der Waals surface area (Å²) in [5, 5.41) is 0. The Balaban J connectivity index is 1.17. The van der Waals surface area contributed by atoms with E-state index in [1.807, 2.05) is 19.1 Å². The second-order valence-corrected chi connectivity index (χ2v) is 9.39. The van der Waals surface area contributed by atoms with E-state index < -0.39 is 17.6 Å². The number of fused-ring (bicyclic) bond motifs is 2. The molecule has 36 heavy (non-hydrogen) atoms. The first-order chi connectivity index (χ1) is 17.4. The number of anilines is 1. The minimum absolute atomic E-state index is 0.169. The summed E-state index contributed by atoms with van der Waals surface area (Å²) in [6.45, 7) is 3.20. The molecule has 180 valence electrons. The summed E-state index contributed by atoms with van der Waals surface area (Å²) in [5.41, 5.74) is 4.22. The lowest BCUT2D eigenvalue weighted by Crippen LogP contribution is -2.38. The summed E-state index contributed by atoms with van der Waals surface area (Å²) in [4.78, 5) is 50.1. The van der Waals surface area contributed by atoms with Crippen molar-refractivity contribution < 1.29 is 18.8 Å². The molecule has 1 N–H and O–H groups in total. The number of nitrogens with zero attached hydrogens (tertiary/aromatic N) is 3. The Morgan fingerprint density at radius 2 is 1.67 bits per heavy atom. The molecule has 2 aliphatic rings. The minimum Gasteiger partial charge on any atom is -0.342 e. The number of aromatic nitrogens is 2. The Hall–Kier alpha value is -4.33. The van der Waals surface area contributed by atoms with E-state index in [0.29, 0.717) is 24.3 Å². The van der Waals surface area contributed by atoms with Gasteiger partial charge in [0, 0.05) is 24.6 Å². The molecule has 4 aromatic rings. The Bertz CT molecular complexity index is 1530. The standard InChI is InChI=1S/C28H23FN4O3/c1-16-2-9-23-24(14-16)31-25(30-23)17-10-12-32(13-11-17)26(34)18-3-8-21-22(15-18)28(36)33(27(21)35)20-6-4-19(29)5-7-20/h2-9,14-15,17H,10-13H2,1H3,(H,30,31). The fraction of sp³-hybridized carbons (Fsp3) is 0.214. The fourth-order valence-electron chi connectivity index (χ4n) is 5.07. The number of hydrogen-bond acceptors (Lipinski definition) is 4. The van der Waals surface area contributed by atoms with E-state index in [-0.39, 0.29) is 23.0 Å². The van der Waals surface area contributed by atoms with Crippen LogP contribution in [-0.2, 0) is 0 Å². The van der Waals surface area contributed by atoms with Gasteiger partial charge in [0.15, 0.2) is 0 Å². The number of piperidine rings is 1. The van der Waals surface area contributed by atoms with E-state index >= 15 is 0 Å². The number of carbonyl (C=O) groups excluding carboxylic acids is 3. The van der Waals surface area contributed by atoms with E-state index in [1.165, 1.54) is 42.0 Å². The summed E-state index contributed by atoms with van der Waals surface area (Å²) in [6.07, 6.45) is 1.57. The van der Waals surface area contributed by atoms with Crippen LogP contribution in [0.1, 0.15) is 61.2 Å². The monoisotopic (exact) mass is 482 g/mol. The molecule has 3 heterocycles. The molecule has 0 atom stereocenters. The average Bonchev–Trinajstić information content (AvgIpc) is 3.42. The third-order valence-electron chi connectivity index (χ3n) is 7.04. The number of imide groups is 1. The summed E-state index contributed by atoms with van der Waals surface area (Å²) in [5.74, 6) is -0.438. The number of likely N-dealkylation sites (tertiary alicyclic amines) is 1. The zero-order chi connectivity index (χ0) is 25.0. The highest BCUT2D eigenvalue weighted by molar-refractivity contribution is 6.34. The number of halogens is 1. The maximum atomic E-state index is 13.3. The molecular weight excluding hydrogens is 459 g/mol. The van der Waals surface area contributed by atoms with E-state index in [9.17, 15) is 18.8 Å². The molecule has 0 saturated carbocycles. The van der Waals surface area contributed by atoms with Gasteiger partial charge in [0.2, 0.25) is 0 Å². The maximum Gasteiger partial charge on any atom is 0.266 e. The zero-order valence-electron chi connectivity index (χ0n) is 19.6. The number of carbonyl (C=O) groups is 3. The van der Waals surface area contributed by atoms with Crippen LogP contribution in [0.5, 0.6) is 0 Å². The van der Waals surface area contributed by atoms with Gasteiger partial charge in [0.1, 0.15) is 11.6 Å². The van der Waals surface area contributed by atoms with E-state index in [0.717, 1.165) is 34.6 Å². The second kappa shape index (κ2) is 8.41. The first-order valence-corrected chi connectivity index (χ1v) is 11.9. The van der Waals surface area contributed by atoms with E-state index in [4.69, 9.17) is 4.98 Å². The predicted octanol–water partition coefficient (Wildman–Crippen LogP) is 4.83. The van der Waals surface area contributed by atoms with Gasteiger partial charge < -0.3 is 9.88 Å². The number of benzene rings is 3. The van der Waals surface area contributed by atoms with Gasteiger partial charge in [-0.1, -0.05) is 6.07 Å². The van der Waals surface area contributed by atoms with Crippen molar-refractivity contribution in [2.45, 2.75) is 25.7 Å². The Morgan fingerprint density at radius 1 is 0.944 bits per heavy atom. The van der Waals surface area contributed by atoms with Crippen LogP contribution in [0.2, 0.25) is 0 Å². The summed E-state index contributed by atoms with van der Waals surface area (Å²) >= 11 is 0. The van der Waals surface area contributed by atoms with E-state index in [1.54, 1.807) is 11.0 Å². The van der Waals surface area contributed by atoms with Crippen molar-refractivity contribution in [3.8, 4) is 0 Å². The summed E-state index contributed by atoms with van der Waals surface area (Å²) in [7, 11) is 0. The van der Waals surface area contributed by atoms with Crippen LogP contribution < -0.4 is 4.90 Å². The first-order valence-electron chi connectivity index (χ1n) is 11.9. The first kappa shape index (κ1) is 22.2. The van der Waals surface area contributed by atoms with Crippen molar-refractivity contribution in [1.29, 1.82) is 0 Å². The van der Waals surface area contributed by atoms with Gasteiger partial charge in [-0.3, -0.25) is 14.4 Å². The Kier molecular flexibility index (Phi) is 5.17. The molecule has 1 fully saturated rings. The minimum atomic E-state index is -0.518. The molecule has 0 bridgehead atoms. The van der Waals surface area contributed by atoms with E-state index in [2.05, 4.69) is 11.1 Å². The molecule has 6 rings (SSSR count). The number of rotatable bonds is 3. The quantitative estimate of drug-likeness (QED) is 0.424.